The van der Waals surface area contributed by atoms with E-state index in [0.29, 0.717) is 17.9 Å². The first-order valence-corrected chi connectivity index (χ1v) is 6.44. The van der Waals surface area contributed by atoms with Crippen molar-refractivity contribution in [2.45, 2.75) is 60.3 Å². The molecule has 1 aliphatic carbocycles. The largest absolute Gasteiger partial charge is 0.465 e. The molecule has 0 aromatic heterocycles. The van der Waals surface area contributed by atoms with E-state index in [0.717, 1.165) is 6.42 Å². The summed E-state index contributed by atoms with van der Waals surface area (Å²) in [5, 5.41) is 0. The zero-order valence-corrected chi connectivity index (χ0v) is 11.4. The van der Waals surface area contributed by atoms with Crippen LogP contribution in [0.2, 0.25) is 0 Å². The van der Waals surface area contributed by atoms with Crippen LogP contribution in [-0.2, 0) is 9.53 Å². The fourth-order valence-electron chi connectivity index (χ4n) is 2.26. The monoisotopic (exact) mass is 226 g/mol. The van der Waals surface area contributed by atoms with Gasteiger partial charge in [-0.15, -0.1) is 0 Å². The minimum atomic E-state index is -0.325. The maximum Gasteiger partial charge on any atom is 0.311 e. The third kappa shape index (κ3) is 3.50. The molecule has 1 saturated carbocycles. The van der Waals surface area contributed by atoms with Crippen LogP contribution in [0.4, 0.5) is 0 Å². The average molecular weight is 226 g/mol. The molecule has 2 nitrogen and oxygen atoms in total. The van der Waals surface area contributed by atoms with Crippen LogP contribution >= 0.6 is 0 Å². The van der Waals surface area contributed by atoms with Crippen molar-refractivity contribution in [2.24, 2.45) is 16.7 Å². The lowest BCUT2D eigenvalue weighted by molar-refractivity contribution is -0.155. The smallest absolute Gasteiger partial charge is 0.311 e. The molecule has 1 unspecified atom stereocenters. The van der Waals surface area contributed by atoms with Gasteiger partial charge in [0.05, 0.1) is 12.0 Å². The second-order valence-electron chi connectivity index (χ2n) is 6.61. The third-order valence-corrected chi connectivity index (χ3v) is 3.96. The summed E-state index contributed by atoms with van der Waals surface area (Å²) in [5.74, 6) is 0.534. The molecule has 0 N–H and O–H groups in total. The van der Waals surface area contributed by atoms with Gasteiger partial charge in [-0.25, -0.2) is 0 Å². The standard InChI is InChI=1S/C14H26O2/c1-6-14(4,5)12(15)16-10-11-7-8-13(2,3)9-11/h11H,6-10H2,1-5H3. The van der Waals surface area contributed by atoms with Crippen LogP contribution in [0.25, 0.3) is 0 Å². The highest BCUT2D eigenvalue weighted by molar-refractivity contribution is 5.75. The molecule has 0 aromatic carbocycles. The Labute approximate surface area is 99.8 Å². The summed E-state index contributed by atoms with van der Waals surface area (Å²) < 4.78 is 5.44. The van der Waals surface area contributed by atoms with Gasteiger partial charge in [0.15, 0.2) is 0 Å². The Balaban J connectivity index is 2.34. The van der Waals surface area contributed by atoms with Gasteiger partial charge in [-0.3, -0.25) is 4.79 Å². The van der Waals surface area contributed by atoms with Crippen molar-refractivity contribution in [1.82, 2.24) is 0 Å². The minimum Gasteiger partial charge on any atom is -0.465 e. The number of hydrogen-bond donors (Lipinski definition) is 0. The van der Waals surface area contributed by atoms with Gasteiger partial charge in [0.1, 0.15) is 0 Å². The molecule has 0 amide bonds. The topological polar surface area (TPSA) is 26.3 Å². The molecule has 0 spiro atoms. The quantitative estimate of drug-likeness (QED) is 0.682. The Kier molecular flexibility index (Phi) is 4.03. The van der Waals surface area contributed by atoms with E-state index >= 15 is 0 Å². The van der Waals surface area contributed by atoms with E-state index < -0.39 is 0 Å². The SMILES string of the molecule is CCC(C)(C)C(=O)OCC1CCC(C)(C)C1. The van der Waals surface area contributed by atoms with Crippen molar-refractivity contribution < 1.29 is 9.53 Å². The molecule has 0 aromatic rings. The lowest BCUT2D eigenvalue weighted by atomic mass is 9.90. The predicted octanol–water partition coefficient (Wildman–Crippen LogP) is 3.79. The first-order valence-electron chi connectivity index (χ1n) is 6.44. The Morgan fingerprint density at radius 3 is 2.50 bits per heavy atom. The van der Waals surface area contributed by atoms with Crippen LogP contribution in [0.5, 0.6) is 0 Å². The van der Waals surface area contributed by atoms with Crippen molar-refractivity contribution in [2.75, 3.05) is 6.61 Å². The first-order chi connectivity index (χ1) is 7.27. The molecule has 1 atom stereocenters. The van der Waals surface area contributed by atoms with E-state index in [1.807, 2.05) is 20.8 Å². The van der Waals surface area contributed by atoms with E-state index in [-0.39, 0.29) is 11.4 Å². The molecular weight excluding hydrogens is 200 g/mol. The third-order valence-electron chi connectivity index (χ3n) is 3.96. The lowest BCUT2D eigenvalue weighted by Gasteiger charge is -2.22. The number of carbonyl (C=O) groups is 1. The number of esters is 1. The maximum atomic E-state index is 11.8. The van der Waals surface area contributed by atoms with Crippen LogP contribution in [0.1, 0.15) is 60.3 Å². The van der Waals surface area contributed by atoms with Gasteiger partial charge in [-0.1, -0.05) is 20.8 Å². The van der Waals surface area contributed by atoms with Crippen molar-refractivity contribution >= 4 is 5.97 Å². The molecule has 0 radical (unpaired) electrons. The molecule has 0 aliphatic heterocycles. The molecular formula is C14H26O2. The van der Waals surface area contributed by atoms with E-state index in [2.05, 4.69) is 13.8 Å². The number of ether oxygens (including phenoxy) is 1. The summed E-state index contributed by atoms with van der Waals surface area (Å²) in [7, 11) is 0. The van der Waals surface area contributed by atoms with Gasteiger partial charge in [-0.2, -0.15) is 0 Å². The zero-order valence-electron chi connectivity index (χ0n) is 11.4. The Morgan fingerprint density at radius 1 is 1.44 bits per heavy atom. The molecule has 16 heavy (non-hydrogen) atoms. The summed E-state index contributed by atoms with van der Waals surface area (Å²) in [6.07, 6.45) is 4.48. The van der Waals surface area contributed by atoms with Crippen LogP contribution in [0.3, 0.4) is 0 Å². The number of carbonyl (C=O) groups excluding carboxylic acids is 1. The predicted molar refractivity (Wildman–Crippen MR) is 66.2 cm³/mol. The second-order valence-corrected chi connectivity index (χ2v) is 6.61. The molecule has 2 heteroatoms. The van der Waals surface area contributed by atoms with Gasteiger partial charge in [0, 0.05) is 0 Å². The van der Waals surface area contributed by atoms with Gasteiger partial charge in [-0.05, 0) is 50.9 Å². The van der Waals surface area contributed by atoms with Gasteiger partial charge >= 0.3 is 5.97 Å². The van der Waals surface area contributed by atoms with E-state index in [4.69, 9.17) is 4.74 Å². The highest BCUT2D eigenvalue weighted by atomic mass is 16.5. The molecule has 1 aliphatic rings. The lowest BCUT2D eigenvalue weighted by Crippen LogP contribution is -2.27. The van der Waals surface area contributed by atoms with E-state index in [1.54, 1.807) is 0 Å². The van der Waals surface area contributed by atoms with Crippen LogP contribution in [-0.4, -0.2) is 12.6 Å². The fourth-order valence-corrected chi connectivity index (χ4v) is 2.26. The summed E-state index contributed by atoms with van der Waals surface area (Å²) in [5.41, 5.74) is 0.117. The van der Waals surface area contributed by atoms with Crippen molar-refractivity contribution in [3.05, 3.63) is 0 Å². The fraction of sp³-hybridized carbons (Fsp3) is 0.929. The Hall–Kier alpha value is -0.530. The van der Waals surface area contributed by atoms with Crippen LogP contribution in [0.15, 0.2) is 0 Å². The Bertz CT molecular complexity index is 253. The van der Waals surface area contributed by atoms with Crippen molar-refractivity contribution in [1.29, 1.82) is 0 Å². The van der Waals surface area contributed by atoms with Gasteiger partial charge in [0.25, 0.3) is 0 Å². The molecule has 1 fully saturated rings. The molecule has 94 valence electrons. The second kappa shape index (κ2) is 4.77. The number of hydrogen-bond acceptors (Lipinski definition) is 2. The summed E-state index contributed by atoms with van der Waals surface area (Å²) in [4.78, 5) is 11.8. The average Bonchev–Trinajstić information content (AvgIpc) is 2.54. The molecule has 0 bridgehead atoms. The van der Waals surface area contributed by atoms with Gasteiger partial charge < -0.3 is 4.74 Å². The maximum absolute atomic E-state index is 11.8. The zero-order chi connectivity index (χ0) is 12.4. The van der Waals surface area contributed by atoms with Crippen molar-refractivity contribution in [3.8, 4) is 0 Å². The molecule has 0 saturated heterocycles. The Morgan fingerprint density at radius 2 is 2.06 bits per heavy atom. The highest BCUT2D eigenvalue weighted by Gasteiger charge is 2.33. The van der Waals surface area contributed by atoms with Crippen LogP contribution < -0.4 is 0 Å². The first kappa shape index (κ1) is 13.5. The summed E-state index contributed by atoms with van der Waals surface area (Å²) >= 11 is 0. The van der Waals surface area contributed by atoms with E-state index in [9.17, 15) is 4.79 Å². The number of rotatable bonds is 4. The van der Waals surface area contributed by atoms with Gasteiger partial charge in [0.2, 0.25) is 0 Å². The molecule has 1 rings (SSSR count). The minimum absolute atomic E-state index is 0.0419. The normalized spacial score (nSPS) is 24.4. The molecule has 0 heterocycles. The van der Waals surface area contributed by atoms with Crippen molar-refractivity contribution in [3.63, 3.8) is 0 Å². The summed E-state index contributed by atoms with van der Waals surface area (Å²) in [6.45, 7) is 11.1. The van der Waals surface area contributed by atoms with Crippen LogP contribution in [0, 0.1) is 16.7 Å². The van der Waals surface area contributed by atoms with E-state index in [1.165, 1.54) is 19.3 Å². The highest BCUT2D eigenvalue weighted by Crippen LogP contribution is 2.41. The summed E-state index contributed by atoms with van der Waals surface area (Å²) in [6, 6.07) is 0.